The third-order valence-electron chi connectivity index (χ3n) is 3.99. The molecule has 0 atom stereocenters. The fraction of sp³-hybridized carbons (Fsp3) is 0. The molecule has 1 N–H and O–H groups in total. The summed E-state index contributed by atoms with van der Waals surface area (Å²) < 4.78 is 30.0. The normalized spacial score (nSPS) is 10.8. The van der Waals surface area contributed by atoms with Crippen LogP contribution in [0.25, 0.3) is 0 Å². The molecule has 3 aromatic rings. The van der Waals surface area contributed by atoms with Crippen LogP contribution in [0.2, 0.25) is 0 Å². The van der Waals surface area contributed by atoms with Gasteiger partial charge < -0.3 is 9.50 Å². The Morgan fingerprint density at radius 2 is 1.55 bits per heavy atom. The molecule has 0 saturated heterocycles. The number of amides is 1. The molecule has 0 aliphatic rings. The number of nitro benzene ring substituents is 2. The second-order valence-electron chi connectivity index (χ2n) is 6.04. The molecule has 3 rings (SSSR count). The maximum atomic E-state index is 12.5. The highest BCUT2D eigenvalue weighted by Gasteiger charge is 2.21. The van der Waals surface area contributed by atoms with Crippen LogP contribution in [0.4, 0.5) is 17.1 Å². The van der Waals surface area contributed by atoms with Crippen LogP contribution in [0, 0.1) is 20.2 Å². The molecular formula is C19H13N3O8S. The zero-order chi connectivity index (χ0) is 22.6. The molecule has 0 aliphatic carbocycles. The lowest BCUT2D eigenvalue weighted by atomic mass is 10.2. The van der Waals surface area contributed by atoms with Gasteiger partial charge in [0.25, 0.3) is 17.3 Å². The van der Waals surface area contributed by atoms with E-state index in [-0.39, 0.29) is 33.3 Å². The van der Waals surface area contributed by atoms with Crippen LogP contribution in [0.3, 0.4) is 0 Å². The van der Waals surface area contributed by atoms with Crippen LogP contribution >= 0.6 is 0 Å². The minimum atomic E-state index is -4.35. The number of nitro groups is 2. The van der Waals surface area contributed by atoms with E-state index in [1.165, 1.54) is 42.5 Å². The third-order valence-corrected chi connectivity index (χ3v) is 5.23. The van der Waals surface area contributed by atoms with E-state index in [2.05, 4.69) is 5.32 Å². The van der Waals surface area contributed by atoms with Gasteiger partial charge in [-0.2, -0.15) is 8.42 Å². The molecule has 0 aromatic heterocycles. The summed E-state index contributed by atoms with van der Waals surface area (Å²) in [6.45, 7) is 0. The summed E-state index contributed by atoms with van der Waals surface area (Å²) in [5, 5.41) is 24.1. The van der Waals surface area contributed by atoms with Gasteiger partial charge in [0.1, 0.15) is 16.3 Å². The van der Waals surface area contributed by atoms with Gasteiger partial charge in [0.05, 0.1) is 9.85 Å². The van der Waals surface area contributed by atoms with Crippen molar-refractivity contribution in [2.75, 3.05) is 5.32 Å². The second-order valence-corrected chi connectivity index (χ2v) is 7.59. The largest absolute Gasteiger partial charge is 0.379 e. The summed E-state index contributed by atoms with van der Waals surface area (Å²) in [4.78, 5) is 32.6. The molecular weight excluding hydrogens is 430 g/mol. The summed E-state index contributed by atoms with van der Waals surface area (Å²) in [6.07, 6.45) is 0. The Labute approximate surface area is 175 Å². The first kappa shape index (κ1) is 21.4. The van der Waals surface area contributed by atoms with Gasteiger partial charge in [-0.25, -0.2) is 0 Å². The van der Waals surface area contributed by atoms with Gasteiger partial charge in [0.15, 0.2) is 0 Å². The van der Waals surface area contributed by atoms with Gasteiger partial charge in [0, 0.05) is 23.8 Å². The van der Waals surface area contributed by atoms with Gasteiger partial charge in [0.2, 0.25) is 0 Å². The Bertz CT molecular complexity index is 1270. The van der Waals surface area contributed by atoms with E-state index >= 15 is 0 Å². The van der Waals surface area contributed by atoms with Gasteiger partial charge in [-0.1, -0.05) is 18.2 Å². The van der Waals surface area contributed by atoms with Crippen LogP contribution in [0.5, 0.6) is 5.75 Å². The van der Waals surface area contributed by atoms with E-state index in [0.717, 1.165) is 30.3 Å². The number of rotatable bonds is 7. The number of carbonyl (C=O) groups excluding carboxylic acids is 1. The predicted octanol–water partition coefficient (Wildman–Crippen LogP) is 3.52. The number of para-hydroxylation sites is 2. The van der Waals surface area contributed by atoms with Gasteiger partial charge in [-0.15, -0.1) is 0 Å². The second kappa shape index (κ2) is 8.59. The molecule has 0 spiro atoms. The minimum Gasteiger partial charge on any atom is -0.379 e. The summed E-state index contributed by atoms with van der Waals surface area (Å²) in [7, 11) is -4.35. The smallest absolute Gasteiger partial charge is 0.339 e. The molecule has 0 fully saturated rings. The first-order valence-electron chi connectivity index (χ1n) is 8.51. The van der Waals surface area contributed by atoms with Crippen molar-refractivity contribution in [3.05, 3.63) is 98.6 Å². The van der Waals surface area contributed by atoms with Crippen molar-refractivity contribution < 1.29 is 27.2 Å². The Kier molecular flexibility index (Phi) is 5.93. The third kappa shape index (κ3) is 5.00. The number of carbonyl (C=O) groups is 1. The predicted molar refractivity (Wildman–Crippen MR) is 108 cm³/mol. The molecule has 11 nitrogen and oxygen atoms in total. The van der Waals surface area contributed by atoms with Crippen LogP contribution in [0.15, 0.2) is 77.7 Å². The molecule has 0 saturated carbocycles. The lowest BCUT2D eigenvalue weighted by molar-refractivity contribution is -0.384. The van der Waals surface area contributed by atoms with Crippen molar-refractivity contribution in [1.82, 2.24) is 0 Å². The number of anilines is 1. The first-order valence-corrected chi connectivity index (χ1v) is 9.92. The van der Waals surface area contributed by atoms with Crippen molar-refractivity contribution in [3.8, 4) is 5.75 Å². The zero-order valence-electron chi connectivity index (χ0n) is 15.5. The van der Waals surface area contributed by atoms with Crippen molar-refractivity contribution in [2.45, 2.75) is 4.90 Å². The van der Waals surface area contributed by atoms with Gasteiger partial charge in [-0.3, -0.25) is 25.0 Å². The highest BCUT2D eigenvalue weighted by atomic mass is 32.2. The number of nitrogens with zero attached hydrogens (tertiary/aromatic N) is 2. The lowest BCUT2D eigenvalue weighted by Gasteiger charge is -2.09. The summed E-state index contributed by atoms with van der Waals surface area (Å²) in [6, 6.07) is 14.8. The van der Waals surface area contributed by atoms with Crippen LogP contribution in [-0.2, 0) is 10.1 Å². The van der Waals surface area contributed by atoms with Crippen molar-refractivity contribution in [2.24, 2.45) is 0 Å². The van der Waals surface area contributed by atoms with Crippen LogP contribution < -0.4 is 9.50 Å². The van der Waals surface area contributed by atoms with E-state index in [1.807, 2.05) is 0 Å². The Morgan fingerprint density at radius 3 is 2.19 bits per heavy atom. The molecule has 0 aliphatic heterocycles. The van der Waals surface area contributed by atoms with Crippen LogP contribution in [-0.4, -0.2) is 24.2 Å². The lowest BCUT2D eigenvalue weighted by Crippen LogP contribution is -2.15. The van der Waals surface area contributed by atoms with E-state index in [1.54, 1.807) is 0 Å². The highest BCUT2D eigenvalue weighted by molar-refractivity contribution is 7.87. The SMILES string of the molecule is O=C(Nc1ccccc1[N+](=O)[O-])c1cccc(S(=O)(=O)Oc2ccc([N+](=O)[O-])cc2)c1. The summed E-state index contributed by atoms with van der Waals surface area (Å²) >= 11 is 0. The molecule has 0 radical (unpaired) electrons. The maximum Gasteiger partial charge on any atom is 0.339 e. The maximum absolute atomic E-state index is 12.5. The van der Waals surface area contributed by atoms with Crippen molar-refractivity contribution >= 4 is 33.1 Å². The van der Waals surface area contributed by atoms with E-state index in [9.17, 15) is 33.4 Å². The van der Waals surface area contributed by atoms with Crippen molar-refractivity contribution in [3.63, 3.8) is 0 Å². The molecule has 3 aromatic carbocycles. The summed E-state index contributed by atoms with van der Waals surface area (Å²) in [5.41, 5.74) is -0.682. The number of nitrogens with one attached hydrogen (secondary N) is 1. The molecule has 0 heterocycles. The number of hydrogen-bond donors (Lipinski definition) is 1. The minimum absolute atomic E-state index is 0.0482. The average Bonchev–Trinajstić information content (AvgIpc) is 2.74. The fourth-order valence-corrected chi connectivity index (χ4v) is 3.50. The highest BCUT2D eigenvalue weighted by Crippen LogP contribution is 2.25. The zero-order valence-corrected chi connectivity index (χ0v) is 16.3. The molecule has 12 heteroatoms. The number of non-ortho nitro benzene ring substituents is 1. The Balaban J connectivity index is 1.82. The molecule has 1 amide bonds. The molecule has 158 valence electrons. The average molecular weight is 443 g/mol. The van der Waals surface area contributed by atoms with Gasteiger partial charge >= 0.3 is 10.1 Å². The molecule has 0 unspecified atom stereocenters. The molecule has 0 bridgehead atoms. The van der Waals surface area contributed by atoms with Crippen LogP contribution in [0.1, 0.15) is 10.4 Å². The standard InChI is InChI=1S/C19H13N3O8S/c23-19(20-17-6-1-2-7-18(17)22(26)27)13-4-3-5-16(12-13)31(28,29)30-15-10-8-14(9-11-15)21(24)25/h1-12H,(H,20,23). The van der Waals surface area contributed by atoms with E-state index in [0.29, 0.717) is 0 Å². The van der Waals surface area contributed by atoms with E-state index in [4.69, 9.17) is 4.18 Å². The monoisotopic (exact) mass is 443 g/mol. The summed E-state index contributed by atoms with van der Waals surface area (Å²) in [5.74, 6) is -0.915. The first-order chi connectivity index (χ1) is 14.7. The molecule has 31 heavy (non-hydrogen) atoms. The van der Waals surface area contributed by atoms with E-state index < -0.39 is 25.9 Å². The van der Waals surface area contributed by atoms with Crippen molar-refractivity contribution in [1.29, 1.82) is 0 Å². The Morgan fingerprint density at radius 1 is 0.871 bits per heavy atom. The topological polar surface area (TPSA) is 159 Å². The quantitative estimate of drug-likeness (QED) is 0.330. The number of benzene rings is 3. The Hall–Kier alpha value is -4.32. The number of hydrogen-bond acceptors (Lipinski definition) is 8. The van der Waals surface area contributed by atoms with Gasteiger partial charge in [-0.05, 0) is 36.4 Å². The fourth-order valence-electron chi connectivity index (χ4n) is 2.52.